The Balaban J connectivity index is 0.00000264. The number of aliphatic carboxylic acids is 2. The molecule has 2 atom stereocenters. The van der Waals surface area contributed by atoms with E-state index < -0.39 is 35.6 Å². The zero-order valence-electron chi connectivity index (χ0n) is 11.7. The van der Waals surface area contributed by atoms with Gasteiger partial charge in [0.05, 0.1) is 11.8 Å². The number of rotatable bonds is 4. The van der Waals surface area contributed by atoms with E-state index in [0.29, 0.717) is 0 Å². The van der Waals surface area contributed by atoms with Crippen LogP contribution in [-0.4, -0.2) is 22.2 Å². The summed E-state index contributed by atoms with van der Waals surface area (Å²) in [7, 11) is 0. The highest BCUT2D eigenvalue weighted by Crippen LogP contribution is 2.53. The van der Waals surface area contributed by atoms with Crippen LogP contribution < -0.4 is 0 Å². The largest absolute Gasteiger partial charge is 0.481 e. The van der Waals surface area contributed by atoms with Crippen molar-refractivity contribution in [2.24, 2.45) is 17.8 Å². The second-order valence-electron chi connectivity index (χ2n) is 4.98. The third-order valence-electron chi connectivity index (χ3n) is 3.86. The Bertz CT molecular complexity index is 726. The Hall–Kier alpha value is -2.98. The molecule has 1 fully saturated rings. The Morgan fingerprint density at radius 1 is 1.09 bits per heavy atom. The van der Waals surface area contributed by atoms with Crippen molar-refractivity contribution in [3.05, 3.63) is 71.5 Å². The van der Waals surface area contributed by atoms with Crippen molar-refractivity contribution >= 4 is 11.9 Å². The average Bonchev–Trinajstić information content (AvgIpc) is 2.45. The first-order valence-corrected chi connectivity index (χ1v) is 6.69. The maximum atomic E-state index is 11.5. The smallest absolute Gasteiger partial charge is 0.307 e. The number of hydrogen-bond donors (Lipinski definition) is 2. The molecular weight excluding hydrogens is 280 g/mol. The molecule has 0 aliphatic heterocycles. The molecule has 2 N–H and O–H groups in total. The highest BCUT2D eigenvalue weighted by atomic mass is 16.4. The molecule has 1 aromatic rings. The molecule has 1 aromatic carbocycles. The van der Waals surface area contributed by atoms with Crippen LogP contribution in [0.1, 0.15) is 14.3 Å². The number of carbonyl (C=O) groups is 2. The topological polar surface area (TPSA) is 74.6 Å². The molecule has 1 aliphatic rings. The predicted molar refractivity (Wildman–Crippen MR) is 83.4 cm³/mol. The van der Waals surface area contributed by atoms with Crippen LogP contribution in [0.4, 0.5) is 0 Å². The lowest BCUT2D eigenvalue weighted by Crippen LogP contribution is -2.51. The van der Waals surface area contributed by atoms with Crippen molar-refractivity contribution in [1.29, 1.82) is 0 Å². The van der Waals surface area contributed by atoms with Crippen LogP contribution in [0.25, 0.3) is 0 Å². The second-order valence-corrected chi connectivity index (χ2v) is 4.98. The van der Waals surface area contributed by atoms with Crippen molar-refractivity contribution in [3.63, 3.8) is 0 Å². The van der Waals surface area contributed by atoms with Crippen molar-refractivity contribution in [2.45, 2.75) is 5.92 Å². The summed E-state index contributed by atoms with van der Waals surface area (Å²) >= 11 is 0. The normalized spacial score (nSPS) is 25.5. The van der Waals surface area contributed by atoms with Gasteiger partial charge in [-0.15, -0.1) is 0 Å². The summed E-state index contributed by atoms with van der Waals surface area (Å²) in [5, 5.41) is 18.9. The molecule has 4 nitrogen and oxygen atoms in total. The molecule has 22 heavy (non-hydrogen) atoms. The molecule has 0 radical (unpaired) electrons. The molecule has 0 aromatic heterocycles. The highest BCUT2D eigenvalue weighted by Gasteiger charge is 2.57. The van der Waals surface area contributed by atoms with Gasteiger partial charge in [0.1, 0.15) is 0 Å². The molecule has 0 spiro atoms. The zero-order valence-corrected chi connectivity index (χ0v) is 11.7. The second kappa shape index (κ2) is 6.65. The van der Waals surface area contributed by atoms with E-state index in [0.717, 1.165) is 5.56 Å². The summed E-state index contributed by atoms with van der Waals surface area (Å²) in [6, 6.07) is 8.86. The van der Waals surface area contributed by atoms with Crippen molar-refractivity contribution < 1.29 is 22.7 Å². The van der Waals surface area contributed by atoms with E-state index in [1.807, 2.05) is 0 Å². The number of carboxylic acids is 2. The van der Waals surface area contributed by atoms with E-state index in [-0.39, 0.29) is 2.85 Å². The molecule has 114 valence electrons. The van der Waals surface area contributed by atoms with Gasteiger partial charge < -0.3 is 10.2 Å². The SMILES string of the molecule is C=C=C=C=C=CC1C(C(=O)O)C(c2ccccc2)C1C(=O)O.[HH].[HH]. The van der Waals surface area contributed by atoms with Gasteiger partial charge in [-0.2, -0.15) is 0 Å². The van der Waals surface area contributed by atoms with Crippen LogP contribution >= 0.6 is 0 Å². The Morgan fingerprint density at radius 2 is 1.68 bits per heavy atom. The van der Waals surface area contributed by atoms with E-state index in [2.05, 4.69) is 29.5 Å². The van der Waals surface area contributed by atoms with Crippen molar-refractivity contribution in [2.75, 3.05) is 0 Å². The summed E-state index contributed by atoms with van der Waals surface area (Å²) < 4.78 is 0. The molecule has 2 unspecified atom stereocenters. The fraction of sp³-hybridized carbons (Fsp3) is 0.222. The lowest BCUT2D eigenvalue weighted by Gasteiger charge is -2.46. The first-order valence-electron chi connectivity index (χ1n) is 6.69. The summed E-state index contributed by atoms with van der Waals surface area (Å²) in [5.74, 6) is -4.83. The predicted octanol–water partition coefficient (Wildman–Crippen LogP) is 3.10. The number of carboxylic acid groups (broad SMARTS) is 2. The summed E-state index contributed by atoms with van der Waals surface area (Å²) in [6.45, 7) is 3.31. The number of hydrogen-bond acceptors (Lipinski definition) is 2. The molecule has 0 saturated heterocycles. The molecule has 2 rings (SSSR count). The first-order chi connectivity index (χ1) is 10.6. The first kappa shape index (κ1) is 15.4. The molecule has 1 aliphatic carbocycles. The maximum Gasteiger partial charge on any atom is 0.307 e. The molecule has 0 amide bonds. The van der Waals surface area contributed by atoms with Crippen LogP contribution in [0, 0.1) is 17.8 Å². The zero-order chi connectivity index (χ0) is 16.1. The highest BCUT2D eigenvalue weighted by molar-refractivity contribution is 5.82. The van der Waals surface area contributed by atoms with Crippen molar-refractivity contribution in [3.8, 4) is 0 Å². The monoisotopic (exact) mass is 298 g/mol. The molecule has 0 bridgehead atoms. The lowest BCUT2D eigenvalue weighted by molar-refractivity contribution is -0.162. The Morgan fingerprint density at radius 3 is 2.18 bits per heavy atom. The minimum absolute atomic E-state index is 0. The van der Waals surface area contributed by atoms with Gasteiger partial charge in [0.15, 0.2) is 0 Å². The summed E-state index contributed by atoms with van der Waals surface area (Å²) in [4.78, 5) is 23.1. The van der Waals surface area contributed by atoms with Crippen LogP contribution in [0.2, 0.25) is 0 Å². The molecule has 1 saturated carbocycles. The summed E-state index contributed by atoms with van der Waals surface area (Å²) in [6.07, 6.45) is 1.43. The fourth-order valence-corrected chi connectivity index (χ4v) is 2.93. The van der Waals surface area contributed by atoms with Crippen LogP contribution in [0.3, 0.4) is 0 Å². The van der Waals surface area contributed by atoms with Crippen molar-refractivity contribution in [1.82, 2.24) is 0 Å². The summed E-state index contributed by atoms with van der Waals surface area (Å²) in [5.41, 5.74) is 10.6. The molecule has 0 heterocycles. The third-order valence-corrected chi connectivity index (χ3v) is 3.86. The standard InChI is InChI=1S/C18H14O4.2H2/c1-2-3-4-8-11-13-15(17(19)20)14(16(13)18(21)22)12-9-6-5-7-10-12;;/h5-7,9-11,13-16H,1H2,(H,19,20)(H,21,22);2*1H. The van der Waals surface area contributed by atoms with Crippen LogP contribution in [0.15, 0.2) is 65.9 Å². The van der Waals surface area contributed by atoms with E-state index in [1.165, 1.54) is 6.08 Å². The van der Waals surface area contributed by atoms with E-state index in [9.17, 15) is 19.8 Å². The minimum atomic E-state index is -1.02. The fourth-order valence-electron chi connectivity index (χ4n) is 2.93. The van der Waals surface area contributed by atoms with E-state index in [4.69, 9.17) is 0 Å². The Labute approximate surface area is 130 Å². The van der Waals surface area contributed by atoms with Crippen LogP contribution in [0.5, 0.6) is 0 Å². The molecule has 4 heteroatoms. The van der Waals surface area contributed by atoms with Gasteiger partial charge in [-0.25, -0.2) is 0 Å². The quantitative estimate of drug-likeness (QED) is 0.838. The van der Waals surface area contributed by atoms with Gasteiger partial charge in [0.25, 0.3) is 0 Å². The van der Waals surface area contributed by atoms with Gasteiger partial charge in [0, 0.05) is 14.7 Å². The van der Waals surface area contributed by atoms with Gasteiger partial charge in [-0.05, 0) is 29.7 Å². The van der Waals surface area contributed by atoms with E-state index in [1.54, 1.807) is 30.3 Å². The van der Waals surface area contributed by atoms with Gasteiger partial charge in [0.2, 0.25) is 0 Å². The Kier molecular flexibility index (Phi) is 4.66. The number of benzene rings is 1. The van der Waals surface area contributed by atoms with E-state index >= 15 is 0 Å². The van der Waals surface area contributed by atoms with Gasteiger partial charge in [-0.3, -0.25) is 9.59 Å². The van der Waals surface area contributed by atoms with Gasteiger partial charge in [-0.1, -0.05) is 41.8 Å². The average molecular weight is 298 g/mol. The van der Waals surface area contributed by atoms with Gasteiger partial charge >= 0.3 is 11.9 Å². The minimum Gasteiger partial charge on any atom is -0.481 e. The number of allylic oxidation sites excluding steroid dienone is 1. The van der Waals surface area contributed by atoms with Crippen LogP contribution in [-0.2, 0) is 9.59 Å². The maximum absolute atomic E-state index is 11.5. The third kappa shape index (κ3) is 2.87. The molecular formula is C18H18O4. The lowest BCUT2D eigenvalue weighted by atomic mass is 9.54.